The Morgan fingerprint density at radius 1 is 1.15 bits per heavy atom. The molecule has 0 aromatic heterocycles. The van der Waals surface area contributed by atoms with Gasteiger partial charge in [-0.1, -0.05) is 24.3 Å². The molecular formula is C18H28N2. The van der Waals surface area contributed by atoms with Crippen molar-refractivity contribution in [3.05, 3.63) is 35.4 Å². The first-order valence-corrected chi connectivity index (χ1v) is 8.31. The van der Waals surface area contributed by atoms with Crippen LogP contribution in [-0.4, -0.2) is 38.1 Å². The topological polar surface area (TPSA) is 15.3 Å². The predicted octanol–water partition coefficient (Wildman–Crippen LogP) is 3.04. The van der Waals surface area contributed by atoms with Gasteiger partial charge in [0.1, 0.15) is 0 Å². The fourth-order valence-corrected chi connectivity index (χ4v) is 4.02. The summed E-state index contributed by atoms with van der Waals surface area (Å²) in [4.78, 5) is 2.71. The maximum absolute atomic E-state index is 3.33. The second-order valence-electron chi connectivity index (χ2n) is 6.59. The lowest BCUT2D eigenvalue weighted by atomic mass is 9.82. The second kappa shape index (κ2) is 6.73. The van der Waals surface area contributed by atoms with Gasteiger partial charge in [-0.25, -0.2) is 0 Å². The van der Waals surface area contributed by atoms with Gasteiger partial charge in [-0.05, 0) is 81.7 Å². The van der Waals surface area contributed by atoms with Gasteiger partial charge in [0.15, 0.2) is 0 Å². The van der Waals surface area contributed by atoms with E-state index >= 15 is 0 Å². The van der Waals surface area contributed by atoms with E-state index in [0.29, 0.717) is 0 Å². The molecule has 2 aliphatic rings. The molecule has 1 aromatic rings. The number of hydrogen-bond acceptors (Lipinski definition) is 2. The van der Waals surface area contributed by atoms with Crippen LogP contribution in [0.25, 0.3) is 0 Å². The van der Waals surface area contributed by atoms with Crippen molar-refractivity contribution in [1.29, 1.82) is 0 Å². The van der Waals surface area contributed by atoms with Gasteiger partial charge in [-0.3, -0.25) is 0 Å². The number of fused-ring (bicyclic) bond motifs is 1. The number of likely N-dealkylation sites (tertiary alicyclic amines) is 1. The van der Waals surface area contributed by atoms with Gasteiger partial charge in [0, 0.05) is 6.54 Å². The first-order valence-electron chi connectivity index (χ1n) is 8.31. The number of hydrogen-bond donors (Lipinski definition) is 1. The summed E-state index contributed by atoms with van der Waals surface area (Å²) in [5.41, 5.74) is 3.24. The summed E-state index contributed by atoms with van der Waals surface area (Å²) in [7, 11) is 2.07. The molecule has 1 saturated heterocycles. The molecule has 3 rings (SSSR count). The van der Waals surface area contributed by atoms with Crippen LogP contribution in [0.2, 0.25) is 0 Å². The van der Waals surface area contributed by atoms with Crippen LogP contribution in [0.5, 0.6) is 0 Å². The van der Waals surface area contributed by atoms with Gasteiger partial charge in [-0.15, -0.1) is 0 Å². The third kappa shape index (κ3) is 3.24. The van der Waals surface area contributed by atoms with Crippen molar-refractivity contribution in [3.63, 3.8) is 0 Å². The molecule has 0 saturated carbocycles. The number of benzene rings is 1. The lowest BCUT2D eigenvalue weighted by Gasteiger charge is -2.36. The van der Waals surface area contributed by atoms with Crippen LogP contribution < -0.4 is 5.32 Å². The van der Waals surface area contributed by atoms with E-state index in [9.17, 15) is 0 Å². The molecule has 0 amide bonds. The monoisotopic (exact) mass is 272 g/mol. The third-order valence-electron chi connectivity index (χ3n) is 5.17. The molecule has 0 radical (unpaired) electrons. The molecule has 1 aromatic carbocycles. The fraction of sp³-hybridized carbons (Fsp3) is 0.667. The Kier molecular flexibility index (Phi) is 4.74. The Morgan fingerprint density at radius 2 is 1.95 bits per heavy atom. The summed E-state index contributed by atoms with van der Waals surface area (Å²) in [6.07, 6.45) is 6.78. The lowest BCUT2D eigenvalue weighted by molar-refractivity contribution is 0.170. The Bertz CT molecular complexity index is 421. The third-order valence-corrected chi connectivity index (χ3v) is 5.17. The van der Waals surface area contributed by atoms with E-state index in [1.54, 1.807) is 11.1 Å². The average molecular weight is 272 g/mol. The predicted molar refractivity (Wildman–Crippen MR) is 85.2 cm³/mol. The van der Waals surface area contributed by atoms with Crippen molar-refractivity contribution in [2.75, 3.05) is 33.2 Å². The molecule has 0 bridgehead atoms. The van der Waals surface area contributed by atoms with Gasteiger partial charge in [0.05, 0.1) is 0 Å². The SMILES string of the molecule is CNCC1CCN(CC2CCCc3ccccc32)CC1. The Balaban J connectivity index is 1.57. The number of nitrogens with one attached hydrogen (secondary N) is 1. The molecule has 0 spiro atoms. The molecule has 1 fully saturated rings. The maximum Gasteiger partial charge on any atom is 0.00504 e. The molecule has 1 heterocycles. The van der Waals surface area contributed by atoms with E-state index in [-0.39, 0.29) is 0 Å². The van der Waals surface area contributed by atoms with Crippen molar-refractivity contribution in [2.24, 2.45) is 5.92 Å². The van der Waals surface area contributed by atoms with Crippen LogP contribution in [0.3, 0.4) is 0 Å². The minimum Gasteiger partial charge on any atom is -0.319 e. The van der Waals surface area contributed by atoms with Crippen molar-refractivity contribution in [3.8, 4) is 0 Å². The Morgan fingerprint density at radius 3 is 2.75 bits per heavy atom. The second-order valence-corrected chi connectivity index (χ2v) is 6.59. The van der Waals surface area contributed by atoms with Gasteiger partial charge >= 0.3 is 0 Å². The number of piperidine rings is 1. The summed E-state index contributed by atoms with van der Waals surface area (Å²) >= 11 is 0. The molecule has 1 N–H and O–H groups in total. The summed E-state index contributed by atoms with van der Waals surface area (Å²) < 4.78 is 0. The normalized spacial score (nSPS) is 24.6. The van der Waals surface area contributed by atoms with Crippen molar-refractivity contribution in [1.82, 2.24) is 10.2 Å². The summed E-state index contributed by atoms with van der Waals surface area (Å²) in [5.74, 6) is 1.68. The molecule has 110 valence electrons. The largest absolute Gasteiger partial charge is 0.319 e. The quantitative estimate of drug-likeness (QED) is 0.906. The Hall–Kier alpha value is -0.860. The van der Waals surface area contributed by atoms with Gasteiger partial charge in [0.2, 0.25) is 0 Å². The number of nitrogens with zero attached hydrogens (tertiary/aromatic N) is 1. The van der Waals surface area contributed by atoms with E-state index in [1.165, 1.54) is 58.3 Å². The van der Waals surface area contributed by atoms with Gasteiger partial charge in [0.25, 0.3) is 0 Å². The zero-order valence-electron chi connectivity index (χ0n) is 12.8. The first-order chi connectivity index (χ1) is 9.86. The van der Waals surface area contributed by atoms with Gasteiger partial charge in [-0.2, -0.15) is 0 Å². The van der Waals surface area contributed by atoms with E-state index in [4.69, 9.17) is 0 Å². The van der Waals surface area contributed by atoms with Crippen molar-refractivity contribution >= 4 is 0 Å². The zero-order chi connectivity index (χ0) is 13.8. The minimum atomic E-state index is 0.779. The summed E-state index contributed by atoms with van der Waals surface area (Å²) in [5, 5.41) is 3.33. The zero-order valence-corrected chi connectivity index (χ0v) is 12.8. The van der Waals surface area contributed by atoms with Crippen molar-refractivity contribution < 1.29 is 0 Å². The van der Waals surface area contributed by atoms with E-state index < -0.39 is 0 Å². The molecule has 20 heavy (non-hydrogen) atoms. The number of aryl methyl sites for hydroxylation is 1. The van der Waals surface area contributed by atoms with Gasteiger partial charge < -0.3 is 10.2 Å². The fourth-order valence-electron chi connectivity index (χ4n) is 4.02. The smallest absolute Gasteiger partial charge is 0.00504 e. The van der Waals surface area contributed by atoms with Crippen LogP contribution >= 0.6 is 0 Å². The number of rotatable bonds is 4. The van der Waals surface area contributed by atoms with E-state index in [2.05, 4.69) is 41.5 Å². The van der Waals surface area contributed by atoms with Crippen LogP contribution in [0.15, 0.2) is 24.3 Å². The minimum absolute atomic E-state index is 0.779. The van der Waals surface area contributed by atoms with E-state index in [0.717, 1.165) is 11.8 Å². The lowest BCUT2D eigenvalue weighted by Crippen LogP contribution is -2.39. The average Bonchev–Trinajstić information content (AvgIpc) is 2.50. The maximum atomic E-state index is 3.33. The van der Waals surface area contributed by atoms with E-state index in [1.807, 2.05) is 0 Å². The highest BCUT2D eigenvalue weighted by Crippen LogP contribution is 2.32. The highest BCUT2D eigenvalue weighted by Gasteiger charge is 2.24. The molecule has 1 atom stereocenters. The van der Waals surface area contributed by atoms with Crippen LogP contribution in [0.4, 0.5) is 0 Å². The first kappa shape index (κ1) is 14.1. The highest BCUT2D eigenvalue weighted by molar-refractivity contribution is 5.32. The molecule has 2 heteroatoms. The van der Waals surface area contributed by atoms with Crippen LogP contribution in [0.1, 0.15) is 42.7 Å². The molecular weight excluding hydrogens is 244 g/mol. The molecule has 1 aliphatic carbocycles. The molecule has 1 unspecified atom stereocenters. The standard InChI is InChI=1S/C18H28N2/c1-19-13-15-9-11-20(12-10-15)14-17-7-4-6-16-5-2-3-8-18(16)17/h2-3,5,8,15,17,19H,4,6-7,9-14H2,1H3. The Labute approximate surface area is 123 Å². The highest BCUT2D eigenvalue weighted by atomic mass is 15.1. The molecule has 1 aliphatic heterocycles. The summed E-state index contributed by atoms with van der Waals surface area (Å²) in [6.45, 7) is 5.07. The molecule has 2 nitrogen and oxygen atoms in total. The van der Waals surface area contributed by atoms with Crippen LogP contribution in [-0.2, 0) is 6.42 Å². The summed E-state index contributed by atoms with van der Waals surface area (Å²) in [6, 6.07) is 9.12. The van der Waals surface area contributed by atoms with Crippen molar-refractivity contribution in [2.45, 2.75) is 38.0 Å². The van der Waals surface area contributed by atoms with Crippen LogP contribution in [0, 0.1) is 5.92 Å².